The van der Waals surface area contributed by atoms with Crippen LogP contribution in [-0.4, -0.2) is 5.75 Å². The molecular formula is C8H19PS3. The van der Waals surface area contributed by atoms with Crippen molar-refractivity contribution in [3.05, 3.63) is 0 Å². The summed E-state index contributed by atoms with van der Waals surface area (Å²) in [6.07, 6.45) is 8.29. The van der Waals surface area contributed by atoms with E-state index in [1.165, 1.54) is 44.3 Å². The third-order valence-electron chi connectivity index (χ3n) is 1.70. The molecule has 0 saturated carbocycles. The molecule has 0 radical (unpaired) electrons. The highest BCUT2D eigenvalue weighted by molar-refractivity contribution is 9.06. The Labute approximate surface area is 92.5 Å². The van der Waals surface area contributed by atoms with Crippen molar-refractivity contribution in [3.63, 3.8) is 0 Å². The second-order valence-electron chi connectivity index (χ2n) is 2.85. The van der Waals surface area contributed by atoms with Crippen LogP contribution in [0, 0.1) is 0 Å². The normalized spacial score (nSPS) is 11.0. The summed E-state index contributed by atoms with van der Waals surface area (Å²) in [4.78, 5) is 0. The molecule has 0 aliphatic heterocycles. The summed E-state index contributed by atoms with van der Waals surface area (Å²) >= 11 is 10.4. The van der Waals surface area contributed by atoms with Crippen molar-refractivity contribution in [1.29, 1.82) is 0 Å². The zero-order valence-corrected chi connectivity index (χ0v) is 11.2. The number of rotatable bonds is 8. The van der Waals surface area contributed by atoms with Gasteiger partial charge in [0.25, 0.3) is 0 Å². The summed E-state index contributed by atoms with van der Waals surface area (Å²) in [6.45, 7) is 2.25. The molecule has 0 rings (SSSR count). The number of hydrogen-bond donors (Lipinski definition) is 2. The maximum absolute atomic E-state index is 4.25. The molecule has 0 nitrogen and oxygen atoms in total. The highest BCUT2D eigenvalue weighted by Crippen LogP contribution is 2.58. The number of unbranched alkanes of at least 4 members (excludes halogenated alkanes) is 5. The van der Waals surface area contributed by atoms with Gasteiger partial charge in [0.15, 0.2) is 0 Å². The van der Waals surface area contributed by atoms with Crippen molar-refractivity contribution >= 4 is 41.4 Å². The molecule has 0 bridgehead atoms. The number of hydrogen-bond acceptors (Lipinski definition) is 3. The smallest absolute Gasteiger partial charge is 0.0666 e. The fourth-order valence-corrected chi connectivity index (χ4v) is 3.87. The lowest BCUT2D eigenvalue weighted by atomic mass is 10.1. The molecule has 0 unspecified atom stereocenters. The Morgan fingerprint density at radius 2 is 1.58 bits per heavy atom. The van der Waals surface area contributed by atoms with Crippen LogP contribution in [0.15, 0.2) is 0 Å². The molecule has 0 saturated heterocycles. The van der Waals surface area contributed by atoms with Crippen LogP contribution < -0.4 is 0 Å². The van der Waals surface area contributed by atoms with Crippen LogP contribution in [0.5, 0.6) is 0 Å². The highest BCUT2D eigenvalue weighted by Gasteiger charge is 1.95. The first-order valence-electron chi connectivity index (χ1n) is 4.58. The Morgan fingerprint density at radius 1 is 1.00 bits per heavy atom. The molecule has 0 heterocycles. The van der Waals surface area contributed by atoms with Gasteiger partial charge < -0.3 is 0 Å². The van der Waals surface area contributed by atoms with Gasteiger partial charge >= 0.3 is 0 Å². The third-order valence-corrected chi connectivity index (χ3v) is 5.73. The third kappa shape index (κ3) is 11.5. The summed E-state index contributed by atoms with van der Waals surface area (Å²) < 4.78 is 0. The van der Waals surface area contributed by atoms with Gasteiger partial charge in [-0.25, -0.2) is 0 Å². The van der Waals surface area contributed by atoms with Crippen LogP contribution in [0.2, 0.25) is 0 Å². The molecule has 0 aliphatic carbocycles. The van der Waals surface area contributed by atoms with Crippen molar-refractivity contribution in [2.24, 2.45) is 0 Å². The molecule has 74 valence electrons. The fraction of sp³-hybridized carbons (Fsp3) is 1.00. The molecule has 0 amide bonds. The van der Waals surface area contributed by atoms with Crippen molar-refractivity contribution in [2.75, 3.05) is 5.75 Å². The topological polar surface area (TPSA) is 0 Å². The molecule has 0 aromatic carbocycles. The summed E-state index contributed by atoms with van der Waals surface area (Å²) in [5.74, 6) is 1.24. The first kappa shape index (κ1) is 13.5. The van der Waals surface area contributed by atoms with E-state index in [1.807, 2.05) is 11.4 Å². The molecule has 0 N–H and O–H groups in total. The molecule has 4 heteroatoms. The van der Waals surface area contributed by atoms with E-state index in [1.54, 1.807) is 0 Å². The van der Waals surface area contributed by atoms with Crippen LogP contribution in [0.4, 0.5) is 0 Å². The van der Waals surface area contributed by atoms with E-state index in [0.29, 0.717) is 0 Å². The van der Waals surface area contributed by atoms with Gasteiger partial charge in [-0.05, 0) is 12.2 Å². The lowest BCUT2D eigenvalue weighted by Crippen LogP contribution is -1.80. The van der Waals surface area contributed by atoms with Gasteiger partial charge in [-0.3, -0.25) is 0 Å². The maximum atomic E-state index is 4.25. The van der Waals surface area contributed by atoms with E-state index in [-0.39, 0.29) is 5.53 Å². The summed E-state index contributed by atoms with van der Waals surface area (Å²) in [5, 5.41) is 0. The SMILES string of the molecule is CCCCCCCCSP(S)S. The number of thiol groups is 2. The Kier molecular flexibility index (Phi) is 11.9. The largest absolute Gasteiger partial charge is 0.130 e. The Bertz CT molecular complexity index is 88.4. The first-order valence-corrected chi connectivity index (χ1v) is 9.82. The van der Waals surface area contributed by atoms with E-state index in [2.05, 4.69) is 31.4 Å². The highest BCUT2D eigenvalue weighted by atomic mass is 33.3. The molecule has 0 atom stereocenters. The molecule has 0 aromatic heterocycles. The minimum absolute atomic E-state index is 0.322. The molecule has 0 aliphatic rings. The van der Waals surface area contributed by atoms with Crippen molar-refractivity contribution < 1.29 is 0 Å². The molecule has 0 aromatic rings. The minimum Gasteiger partial charge on any atom is -0.130 e. The molecule has 12 heavy (non-hydrogen) atoms. The summed E-state index contributed by atoms with van der Waals surface area (Å²) in [7, 11) is 0. The van der Waals surface area contributed by atoms with Gasteiger partial charge in [-0.15, -0.1) is 35.9 Å². The van der Waals surface area contributed by atoms with Crippen molar-refractivity contribution in [2.45, 2.75) is 45.4 Å². The van der Waals surface area contributed by atoms with Gasteiger partial charge in [0.1, 0.15) is 0 Å². The predicted octanol–water partition coefficient (Wildman–Crippen LogP) is 5.17. The average Bonchev–Trinajstić information content (AvgIpc) is 2.02. The van der Waals surface area contributed by atoms with Crippen LogP contribution in [0.25, 0.3) is 0 Å². The standard InChI is InChI=1S/C8H19PS3/c1-2-3-4-5-6-7-8-12-9(10)11/h10-11H,2-8H2,1H3. The molecule has 0 spiro atoms. The lowest BCUT2D eigenvalue weighted by molar-refractivity contribution is 0.627. The average molecular weight is 242 g/mol. The quantitative estimate of drug-likeness (QED) is 0.336. The van der Waals surface area contributed by atoms with Gasteiger partial charge in [0.05, 0.1) is 5.53 Å². The van der Waals surface area contributed by atoms with Gasteiger partial charge in [-0.1, -0.05) is 39.0 Å². The van der Waals surface area contributed by atoms with Crippen LogP contribution in [0.3, 0.4) is 0 Å². The Morgan fingerprint density at radius 3 is 2.17 bits per heavy atom. The monoisotopic (exact) mass is 242 g/mol. The lowest BCUT2D eigenvalue weighted by Gasteiger charge is -2.02. The van der Waals surface area contributed by atoms with E-state index >= 15 is 0 Å². The molecule has 0 fully saturated rings. The summed E-state index contributed by atoms with van der Waals surface area (Å²) in [6, 6.07) is 0. The van der Waals surface area contributed by atoms with Crippen LogP contribution >= 0.6 is 41.4 Å². The molecular weight excluding hydrogens is 223 g/mol. The van der Waals surface area contributed by atoms with E-state index < -0.39 is 0 Å². The van der Waals surface area contributed by atoms with Crippen molar-refractivity contribution in [3.8, 4) is 0 Å². The van der Waals surface area contributed by atoms with E-state index in [9.17, 15) is 0 Å². The summed E-state index contributed by atoms with van der Waals surface area (Å²) in [5.41, 5.74) is -0.322. The maximum Gasteiger partial charge on any atom is 0.0666 e. The zero-order chi connectivity index (χ0) is 9.23. The second-order valence-corrected chi connectivity index (χ2v) is 10.9. The van der Waals surface area contributed by atoms with Crippen LogP contribution in [0.1, 0.15) is 45.4 Å². The van der Waals surface area contributed by atoms with Crippen LogP contribution in [-0.2, 0) is 0 Å². The Hall–Kier alpha value is 1.48. The minimum atomic E-state index is -0.322. The fourth-order valence-electron chi connectivity index (χ4n) is 1.03. The van der Waals surface area contributed by atoms with Gasteiger partial charge in [-0.2, -0.15) is 0 Å². The van der Waals surface area contributed by atoms with E-state index in [0.717, 1.165) is 0 Å². The zero-order valence-electron chi connectivity index (χ0n) is 7.70. The predicted molar refractivity (Wildman–Crippen MR) is 70.7 cm³/mol. The van der Waals surface area contributed by atoms with Gasteiger partial charge in [0, 0.05) is 0 Å². The first-order chi connectivity index (χ1) is 5.77. The Balaban J connectivity index is 2.82. The van der Waals surface area contributed by atoms with Gasteiger partial charge in [0.2, 0.25) is 0 Å². The van der Waals surface area contributed by atoms with E-state index in [4.69, 9.17) is 0 Å². The van der Waals surface area contributed by atoms with Crippen molar-refractivity contribution in [1.82, 2.24) is 0 Å². The second kappa shape index (κ2) is 10.6.